The number of nitrogens with zero attached hydrogens (tertiary/aromatic N) is 3. The van der Waals surface area contributed by atoms with Crippen LogP contribution in [-0.4, -0.2) is 51.3 Å². The van der Waals surface area contributed by atoms with Gasteiger partial charge in [-0.05, 0) is 31.0 Å². The Morgan fingerprint density at radius 1 is 1.27 bits per heavy atom. The summed E-state index contributed by atoms with van der Waals surface area (Å²) in [6.45, 7) is 0.387. The van der Waals surface area contributed by atoms with Crippen LogP contribution >= 0.6 is 0 Å². The molecule has 1 saturated carbocycles. The van der Waals surface area contributed by atoms with Crippen LogP contribution in [0.3, 0.4) is 0 Å². The van der Waals surface area contributed by atoms with Gasteiger partial charge in [0.15, 0.2) is 0 Å². The van der Waals surface area contributed by atoms with E-state index in [4.69, 9.17) is 4.74 Å². The van der Waals surface area contributed by atoms with Crippen molar-refractivity contribution >= 4 is 11.7 Å². The Hall–Kier alpha value is -2.45. The van der Waals surface area contributed by atoms with E-state index in [1.54, 1.807) is 23.3 Å². The Kier molecular flexibility index (Phi) is 6.56. The number of aromatic nitrogens is 3. The molecule has 2 amide bonds. The second-order valence-electron chi connectivity index (χ2n) is 6.50. The fourth-order valence-corrected chi connectivity index (χ4v) is 3.00. The molecule has 140 valence electrons. The lowest BCUT2D eigenvalue weighted by Crippen LogP contribution is -2.38. The lowest BCUT2D eigenvalue weighted by atomic mass is 9.98. The van der Waals surface area contributed by atoms with Crippen molar-refractivity contribution in [3.8, 4) is 5.69 Å². The summed E-state index contributed by atoms with van der Waals surface area (Å²) < 4.78 is 7.46. The number of amides is 2. The number of hydrogen-bond donors (Lipinski definition) is 3. The van der Waals surface area contributed by atoms with Crippen molar-refractivity contribution in [3.63, 3.8) is 0 Å². The fraction of sp³-hybridized carbons (Fsp3) is 0.500. The summed E-state index contributed by atoms with van der Waals surface area (Å²) in [7, 11) is 0. The molecule has 1 aromatic carbocycles. The van der Waals surface area contributed by atoms with E-state index in [0.29, 0.717) is 5.69 Å². The van der Waals surface area contributed by atoms with Gasteiger partial charge in [0.05, 0.1) is 24.5 Å². The number of hydrogen-bond acceptors (Lipinski definition) is 5. The lowest BCUT2D eigenvalue weighted by molar-refractivity contribution is -0.0221. The molecule has 3 N–H and O–H groups in total. The van der Waals surface area contributed by atoms with Crippen molar-refractivity contribution in [2.45, 2.75) is 44.3 Å². The predicted octanol–water partition coefficient (Wildman–Crippen LogP) is 2.10. The zero-order valence-corrected chi connectivity index (χ0v) is 14.7. The molecule has 8 nitrogen and oxygen atoms in total. The number of aliphatic hydroxyl groups is 1. The SMILES string of the molecule is O=C(NC[C@H](O)COC1CCCCC1)Nc1cccc(-n2cnnc2)c1. The number of carbonyl (C=O) groups is 1. The average molecular weight is 359 g/mol. The summed E-state index contributed by atoms with van der Waals surface area (Å²) in [5, 5.41) is 22.9. The van der Waals surface area contributed by atoms with E-state index in [0.717, 1.165) is 18.5 Å². The van der Waals surface area contributed by atoms with Crippen LogP contribution in [-0.2, 0) is 4.74 Å². The molecule has 0 saturated heterocycles. The number of anilines is 1. The van der Waals surface area contributed by atoms with Gasteiger partial charge in [-0.15, -0.1) is 10.2 Å². The van der Waals surface area contributed by atoms with Crippen molar-refractivity contribution in [2.75, 3.05) is 18.5 Å². The molecule has 8 heteroatoms. The molecule has 1 atom stereocenters. The molecular weight excluding hydrogens is 334 g/mol. The lowest BCUT2D eigenvalue weighted by Gasteiger charge is -2.23. The minimum Gasteiger partial charge on any atom is -0.389 e. The summed E-state index contributed by atoms with van der Waals surface area (Å²) in [4.78, 5) is 12.0. The van der Waals surface area contributed by atoms with E-state index < -0.39 is 6.10 Å². The van der Waals surface area contributed by atoms with Crippen LogP contribution in [0.5, 0.6) is 0 Å². The number of aliphatic hydroxyl groups excluding tert-OH is 1. The zero-order valence-electron chi connectivity index (χ0n) is 14.7. The molecule has 1 fully saturated rings. The van der Waals surface area contributed by atoms with Gasteiger partial charge in [0.2, 0.25) is 0 Å². The second kappa shape index (κ2) is 9.30. The quantitative estimate of drug-likeness (QED) is 0.703. The smallest absolute Gasteiger partial charge is 0.319 e. The maximum absolute atomic E-state index is 12.0. The van der Waals surface area contributed by atoms with Crippen molar-refractivity contribution in [2.24, 2.45) is 0 Å². The third kappa shape index (κ3) is 5.53. The number of carbonyl (C=O) groups excluding carboxylic acids is 1. The normalized spacial score (nSPS) is 16.2. The van der Waals surface area contributed by atoms with E-state index in [1.165, 1.54) is 19.3 Å². The number of rotatable bonds is 7. The van der Waals surface area contributed by atoms with Crippen molar-refractivity contribution < 1.29 is 14.6 Å². The van der Waals surface area contributed by atoms with Gasteiger partial charge >= 0.3 is 6.03 Å². The van der Waals surface area contributed by atoms with Gasteiger partial charge < -0.3 is 20.5 Å². The molecule has 26 heavy (non-hydrogen) atoms. The highest BCUT2D eigenvalue weighted by Crippen LogP contribution is 2.20. The Bertz CT molecular complexity index is 686. The van der Waals surface area contributed by atoms with Crippen LogP contribution in [0.4, 0.5) is 10.5 Å². The Labute approximate surface area is 152 Å². The van der Waals surface area contributed by atoms with Crippen molar-refractivity contribution in [1.29, 1.82) is 0 Å². The third-order valence-electron chi connectivity index (χ3n) is 4.40. The largest absolute Gasteiger partial charge is 0.389 e. The highest BCUT2D eigenvalue weighted by atomic mass is 16.5. The molecule has 0 unspecified atom stereocenters. The van der Waals surface area contributed by atoms with Gasteiger partial charge in [0.1, 0.15) is 12.7 Å². The Balaban J connectivity index is 1.40. The van der Waals surface area contributed by atoms with E-state index in [9.17, 15) is 9.90 Å². The van der Waals surface area contributed by atoms with Crippen LogP contribution < -0.4 is 10.6 Å². The van der Waals surface area contributed by atoms with Gasteiger partial charge in [-0.3, -0.25) is 4.57 Å². The summed E-state index contributed by atoms with van der Waals surface area (Å²) in [6, 6.07) is 6.95. The maximum atomic E-state index is 12.0. The van der Waals surface area contributed by atoms with Crippen LogP contribution in [0.25, 0.3) is 5.69 Å². The van der Waals surface area contributed by atoms with Crippen LogP contribution in [0.2, 0.25) is 0 Å². The van der Waals surface area contributed by atoms with Gasteiger partial charge in [-0.1, -0.05) is 25.3 Å². The standard InChI is InChI=1S/C18H25N5O3/c24-16(11-26-17-7-2-1-3-8-17)10-19-18(25)22-14-5-4-6-15(9-14)23-12-20-21-13-23/h4-6,9,12-13,16-17,24H,1-3,7-8,10-11H2,(H2,19,22,25)/t16-/m0/s1. The molecule has 1 aliphatic rings. The third-order valence-corrected chi connectivity index (χ3v) is 4.40. The number of ether oxygens (including phenoxy) is 1. The number of benzene rings is 1. The van der Waals surface area contributed by atoms with Gasteiger partial charge in [0.25, 0.3) is 0 Å². The van der Waals surface area contributed by atoms with Crippen LogP contribution in [0.15, 0.2) is 36.9 Å². The second-order valence-corrected chi connectivity index (χ2v) is 6.50. The summed E-state index contributed by atoms with van der Waals surface area (Å²) in [5.41, 5.74) is 1.48. The fourth-order valence-electron chi connectivity index (χ4n) is 3.00. The number of nitrogens with one attached hydrogen (secondary N) is 2. The first kappa shape index (κ1) is 18.3. The van der Waals surface area contributed by atoms with Crippen LogP contribution in [0, 0.1) is 0 Å². The molecule has 0 radical (unpaired) electrons. The van der Waals surface area contributed by atoms with Gasteiger partial charge in [-0.25, -0.2) is 4.79 Å². The Morgan fingerprint density at radius 2 is 2.04 bits per heavy atom. The zero-order chi connectivity index (χ0) is 18.2. The van der Waals surface area contributed by atoms with Crippen molar-refractivity contribution in [1.82, 2.24) is 20.1 Å². The topological polar surface area (TPSA) is 101 Å². The van der Waals surface area contributed by atoms with E-state index in [1.807, 2.05) is 18.2 Å². The molecule has 2 aromatic rings. The predicted molar refractivity (Wildman–Crippen MR) is 97.2 cm³/mol. The van der Waals surface area contributed by atoms with Gasteiger partial charge in [0, 0.05) is 12.2 Å². The molecule has 1 heterocycles. The highest BCUT2D eigenvalue weighted by Gasteiger charge is 2.16. The average Bonchev–Trinajstić information content (AvgIpc) is 3.21. The first-order valence-electron chi connectivity index (χ1n) is 9.00. The van der Waals surface area contributed by atoms with E-state index in [-0.39, 0.29) is 25.3 Å². The molecule has 3 rings (SSSR count). The van der Waals surface area contributed by atoms with Gasteiger partial charge in [-0.2, -0.15) is 0 Å². The summed E-state index contributed by atoms with van der Waals surface area (Å²) >= 11 is 0. The summed E-state index contributed by atoms with van der Waals surface area (Å²) in [6.07, 6.45) is 8.46. The molecule has 0 aliphatic heterocycles. The molecule has 1 aliphatic carbocycles. The minimum atomic E-state index is -0.717. The van der Waals surface area contributed by atoms with Crippen molar-refractivity contribution in [3.05, 3.63) is 36.9 Å². The number of urea groups is 1. The molecular formula is C18H25N5O3. The van der Waals surface area contributed by atoms with E-state index in [2.05, 4.69) is 20.8 Å². The first-order valence-corrected chi connectivity index (χ1v) is 9.00. The maximum Gasteiger partial charge on any atom is 0.319 e. The monoisotopic (exact) mass is 359 g/mol. The Morgan fingerprint density at radius 3 is 2.81 bits per heavy atom. The van der Waals surface area contributed by atoms with E-state index >= 15 is 0 Å². The molecule has 1 aromatic heterocycles. The summed E-state index contributed by atoms with van der Waals surface area (Å²) in [5.74, 6) is 0. The highest BCUT2D eigenvalue weighted by molar-refractivity contribution is 5.89. The molecule has 0 spiro atoms. The first-order chi connectivity index (χ1) is 12.7. The minimum absolute atomic E-state index is 0.143. The molecule has 0 bridgehead atoms. The van der Waals surface area contributed by atoms with Crippen LogP contribution in [0.1, 0.15) is 32.1 Å².